The third-order valence-electron chi connectivity index (χ3n) is 6.04. The molecule has 31 heavy (non-hydrogen) atoms. The first-order chi connectivity index (χ1) is 15.2. The van der Waals surface area contributed by atoms with Gasteiger partial charge in [-0.05, 0) is 79.2 Å². The van der Waals surface area contributed by atoms with Gasteiger partial charge in [-0.3, -0.25) is 9.69 Å². The summed E-state index contributed by atoms with van der Waals surface area (Å²) >= 11 is 0. The lowest BCUT2D eigenvalue weighted by molar-refractivity contribution is 0.0951. The molecular formula is C27H29FN2O. The number of hydrogen-bond acceptors (Lipinski definition) is 2. The highest BCUT2D eigenvalue weighted by Crippen LogP contribution is 2.23. The van der Waals surface area contributed by atoms with Crippen LogP contribution in [0.25, 0.3) is 0 Å². The van der Waals surface area contributed by atoms with Crippen molar-refractivity contribution in [3.63, 3.8) is 0 Å². The molecule has 1 fully saturated rings. The van der Waals surface area contributed by atoms with E-state index >= 15 is 0 Å². The molecule has 0 radical (unpaired) electrons. The van der Waals surface area contributed by atoms with Crippen molar-refractivity contribution in [2.24, 2.45) is 5.92 Å². The fraction of sp³-hybridized carbons (Fsp3) is 0.296. The third-order valence-corrected chi connectivity index (χ3v) is 6.04. The Labute approximate surface area is 183 Å². The van der Waals surface area contributed by atoms with Crippen LogP contribution in [0.3, 0.4) is 0 Å². The van der Waals surface area contributed by atoms with Crippen LogP contribution in [0.5, 0.6) is 0 Å². The molecule has 0 saturated carbocycles. The number of amides is 1. The predicted molar refractivity (Wildman–Crippen MR) is 122 cm³/mol. The monoisotopic (exact) mass is 416 g/mol. The van der Waals surface area contributed by atoms with Crippen molar-refractivity contribution in [2.45, 2.75) is 32.4 Å². The Bertz CT molecular complexity index is 980. The SMILES string of the molecule is O=C(NCc1cccc(F)c1)c1ccc(CN2CCC(Cc3ccccc3)CC2)cc1. The molecule has 3 aromatic carbocycles. The average molecular weight is 417 g/mol. The number of likely N-dealkylation sites (tertiary alicyclic amines) is 1. The fourth-order valence-electron chi connectivity index (χ4n) is 4.25. The van der Waals surface area contributed by atoms with E-state index in [1.54, 1.807) is 12.1 Å². The number of halogens is 1. The number of rotatable bonds is 7. The van der Waals surface area contributed by atoms with E-state index in [1.807, 2.05) is 24.3 Å². The molecule has 1 heterocycles. The quantitative estimate of drug-likeness (QED) is 0.573. The number of hydrogen-bond donors (Lipinski definition) is 1. The smallest absolute Gasteiger partial charge is 0.251 e. The topological polar surface area (TPSA) is 32.3 Å². The summed E-state index contributed by atoms with van der Waals surface area (Å²) in [7, 11) is 0. The van der Waals surface area contributed by atoms with Crippen molar-refractivity contribution in [1.82, 2.24) is 10.2 Å². The van der Waals surface area contributed by atoms with Crippen LogP contribution in [0.15, 0.2) is 78.9 Å². The minimum Gasteiger partial charge on any atom is -0.348 e. The highest BCUT2D eigenvalue weighted by molar-refractivity contribution is 5.94. The molecule has 0 spiro atoms. The zero-order chi connectivity index (χ0) is 21.5. The summed E-state index contributed by atoms with van der Waals surface area (Å²) in [4.78, 5) is 14.9. The minimum absolute atomic E-state index is 0.141. The van der Waals surface area contributed by atoms with Crippen LogP contribution < -0.4 is 5.32 Å². The molecule has 1 amide bonds. The molecule has 4 rings (SSSR count). The van der Waals surface area contributed by atoms with Crippen molar-refractivity contribution in [1.29, 1.82) is 0 Å². The Kier molecular flexibility index (Phi) is 7.11. The maximum atomic E-state index is 13.3. The molecule has 0 unspecified atom stereocenters. The second-order valence-corrected chi connectivity index (χ2v) is 8.42. The summed E-state index contributed by atoms with van der Waals surface area (Å²) < 4.78 is 13.3. The fourth-order valence-corrected chi connectivity index (χ4v) is 4.25. The van der Waals surface area contributed by atoms with E-state index in [9.17, 15) is 9.18 Å². The summed E-state index contributed by atoms with van der Waals surface area (Å²) in [5.74, 6) is 0.334. The first kappa shape index (κ1) is 21.3. The van der Waals surface area contributed by atoms with Crippen molar-refractivity contribution >= 4 is 5.91 Å². The molecule has 0 aromatic heterocycles. The molecule has 4 heteroatoms. The number of piperidine rings is 1. The Balaban J connectivity index is 1.23. The number of nitrogens with zero attached hydrogens (tertiary/aromatic N) is 1. The van der Waals surface area contributed by atoms with Crippen LogP contribution in [-0.4, -0.2) is 23.9 Å². The zero-order valence-electron chi connectivity index (χ0n) is 17.8. The summed E-state index contributed by atoms with van der Waals surface area (Å²) in [6.07, 6.45) is 3.64. The summed E-state index contributed by atoms with van der Waals surface area (Å²) in [5.41, 5.74) is 4.04. The zero-order valence-corrected chi connectivity index (χ0v) is 17.8. The van der Waals surface area contributed by atoms with E-state index in [2.05, 4.69) is 40.5 Å². The maximum Gasteiger partial charge on any atom is 0.251 e. The van der Waals surface area contributed by atoms with Gasteiger partial charge < -0.3 is 5.32 Å². The van der Waals surface area contributed by atoms with Gasteiger partial charge in [0.05, 0.1) is 0 Å². The van der Waals surface area contributed by atoms with Crippen LogP contribution in [0, 0.1) is 11.7 Å². The summed E-state index contributed by atoms with van der Waals surface area (Å²) in [5, 5.41) is 2.85. The van der Waals surface area contributed by atoms with Crippen LogP contribution in [0.4, 0.5) is 4.39 Å². The lowest BCUT2D eigenvalue weighted by atomic mass is 9.90. The molecule has 0 aliphatic carbocycles. The van der Waals surface area contributed by atoms with Crippen LogP contribution in [0.1, 0.15) is 39.9 Å². The van der Waals surface area contributed by atoms with Gasteiger partial charge in [0.1, 0.15) is 5.82 Å². The summed E-state index contributed by atoms with van der Waals surface area (Å²) in [6.45, 7) is 3.47. The van der Waals surface area contributed by atoms with Crippen LogP contribution in [0.2, 0.25) is 0 Å². The van der Waals surface area contributed by atoms with E-state index in [4.69, 9.17) is 0 Å². The second kappa shape index (κ2) is 10.4. The number of nitrogens with one attached hydrogen (secondary N) is 1. The van der Waals surface area contributed by atoms with Gasteiger partial charge in [-0.1, -0.05) is 54.6 Å². The van der Waals surface area contributed by atoms with Crippen LogP contribution in [-0.2, 0) is 19.5 Å². The van der Waals surface area contributed by atoms with Gasteiger partial charge in [-0.15, -0.1) is 0 Å². The molecule has 1 saturated heterocycles. The second-order valence-electron chi connectivity index (χ2n) is 8.42. The van der Waals surface area contributed by atoms with E-state index < -0.39 is 0 Å². The van der Waals surface area contributed by atoms with Crippen LogP contribution >= 0.6 is 0 Å². The maximum absolute atomic E-state index is 13.3. The molecule has 3 aromatic rings. The van der Waals surface area contributed by atoms with Gasteiger partial charge in [0.15, 0.2) is 0 Å². The standard InChI is InChI=1S/C27H29FN2O/c28-26-8-4-7-24(18-26)19-29-27(31)25-11-9-23(10-12-25)20-30-15-13-22(14-16-30)17-21-5-2-1-3-6-21/h1-12,18,22H,13-17,19-20H2,(H,29,31). The molecule has 1 N–H and O–H groups in total. The molecule has 3 nitrogen and oxygen atoms in total. The van der Waals surface area contributed by atoms with Crippen molar-refractivity contribution in [2.75, 3.05) is 13.1 Å². The summed E-state index contributed by atoms with van der Waals surface area (Å²) in [6, 6.07) is 24.9. The van der Waals surface area contributed by atoms with Gasteiger partial charge in [-0.25, -0.2) is 4.39 Å². The lowest BCUT2D eigenvalue weighted by Gasteiger charge is -2.32. The van der Waals surface area contributed by atoms with E-state index in [1.165, 1.54) is 42.5 Å². The van der Waals surface area contributed by atoms with Crippen molar-refractivity contribution in [3.05, 3.63) is 107 Å². The van der Waals surface area contributed by atoms with E-state index in [0.29, 0.717) is 12.1 Å². The predicted octanol–water partition coefficient (Wildman–Crippen LogP) is 5.21. The Morgan fingerprint density at radius 2 is 1.58 bits per heavy atom. The van der Waals surface area contributed by atoms with Gasteiger partial charge in [0, 0.05) is 18.7 Å². The highest BCUT2D eigenvalue weighted by atomic mass is 19.1. The van der Waals surface area contributed by atoms with E-state index in [0.717, 1.165) is 31.1 Å². The van der Waals surface area contributed by atoms with Gasteiger partial charge in [-0.2, -0.15) is 0 Å². The van der Waals surface area contributed by atoms with Gasteiger partial charge >= 0.3 is 0 Å². The Morgan fingerprint density at radius 3 is 2.29 bits per heavy atom. The largest absolute Gasteiger partial charge is 0.348 e. The first-order valence-electron chi connectivity index (χ1n) is 11.0. The molecule has 0 bridgehead atoms. The number of carbonyl (C=O) groups excluding carboxylic acids is 1. The minimum atomic E-state index is -0.291. The molecular weight excluding hydrogens is 387 g/mol. The first-order valence-corrected chi connectivity index (χ1v) is 11.0. The third kappa shape index (κ3) is 6.25. The average Bonchev–Trinajstić information content (AvgIpc) is 2.80. The highest BCUT2D eigenvalue weighted by Gasteiger charge is 2.19. The lowest BCUT2D eigenvalue weighted by Crippen LogP contribution is -2.33. The van der Waals surface area contributed by atoms with Crippen molar-refractivity contribution in [3.8, 4) is 0 Å². The number of carbonyl (C=O) groups is 1. The number of benzene rings is 3. The molecule has 0 atom stereocenters. The van der Waals surface area contributed by atoms with E-state index in [-0.39, 0.29) is 11.7 Å². The molecule has 160 valence electrons. The van der Waals surface area contributed by atoms with Gasteiger partial charge in [0.2, 0.25) is 0 Å². The Hall–Kier alpha value is -2.98. The van der Waals surface area contributed by atoms with Crippen molar-refractivity contribution < 1.29 is 9.18 Å². The molecule has 1 aliphatic heterocycles. The Morgan fingerprint density at radius 1 is 0.871 bits per heavy atom. The normalized spacial score (nSPS) is 15.0. The molecule has 1 aliphatic rings. The van der Waals surface area contributed by atoms with Gasteiger partial charge in [0.25, 0.3) is 5.91 Å².